The van der Waals surface area contributed by atoms with E-state index in [1.807, 2.05) is 4.90 Å². The summed E-state index contributed by atoms with van der Waals surface area (Å²) in [4.78, 5) is 18.5. The Bertz CT molecular complexity index is 543. The van der Waals surface area contributed by atoms with Crippen LogP contribution in [-0.4, -0.2) is 46.3 Å². The van der Waals surface area contributed by atoms with E-state index < -0.39 is 6.10 Å². The van der Waals surface area contributed by atoms with Gasteiger partial charge in [-0.3, -0.25) is 4.98 Å². The molecule has 3 rings (SSSR count). The van der Waals surface area contributed by atoms with E-state index in [9.17, 15) is 9.90 Å². The molecule has 2 aliphatic rings. The molecule has 0 bridgehead atoms. The molecule has 1 aromatic heterocycles. The number of carbonyl (C=O) groups is 1. The van der Waals surface area contributed by atoms with Crippen LogP contribution in [0.15, 0.2) is 18.5 Å². The Morgan fingerprint density at radius 1 is 1.55 bits per heavy atom. The highest BCUT2D eigenvalue weighted by atomic mass is 16.5. The van der Waals surface area contributed by atoms with Crippen LogP contribution in [-0.2, 0) is 6.54 Å². The molecule has 6 heteroatoms. The van der Waals surface area contributed by atoms with Crippen molar-refractivity contribution in [2.45, 2.75) is 50.3 Å². The van der Waals surface area contributed by atoms with Gasteiger partial charge in [-0.25, -0.2) is 4.79 Å². The molecular formula is C16H23N3O3. The summed E-state index contributed by atoms with van der Waals surface area (Å²) in [5.41, 5.74) is 0.502. The summed E-state index contributed by atoms with van der Waals surface area (Å²) >= 11 is 0. The first kappa shape index (κ1) is 15.1. The van der Waals surface area contributed by atoms with Gasteiger partial charge in [-0.15, -0.1) is 0 Å². The maximum Gasteiger partial charge on any atom is 0.318 e. The molecule has 6 nitrogen and oxygen atoms in total. The highest BCUT2D eigenvalue weighted by Gasteiger charge is 2.51. The lowest BCUT2D eigenvalue weighted by Crippen LogP contribution is -2.53. The fraction of sp³-hybridized carbons (Fsp3) is 0.625. The lowest BCUT2D eigenvalue weighted by atomic mass is 9.91. The van der Waals surface area contributed by atoms with Gasteiger partial charge >= 0.3 is 6.03 Å². The van der Waals surface area contributed by atoms with Crippen molar-refractivity contribution in [3.05, 3.63) is 24.0 Å². The number of pyridine rings is 1. The van der Waals surface area contributed by atoms with E-state index in [1.165, 1.54) is 0 Å². The molecule has 1 aliphatic heterocycles. The van der Waals surface area contributed by atoms with Crippen molar-refractivity contribution in [3.63, 3.8) is 0 Å². The Kier molecular flexibility index (Phi) is 4.20. The molecule has 1 spiro atoms. The molecule has 1 atom stereocenters. The summed E-state index contributed by atoms with van der Waals surface area (Å²) in [6.45, 7) is 0.996. The maximum absolute atomic E-state index is 12.6. The molecule has 2 N–H and O–H groups in total. The topological polar surface area (TPSA) is 74.7 Å². The highest BCUT2D eigenvalue weighted by molar-refractivity contribution is 5.76. The van der Waals surface area contributed by atoms with Gasteiger partial charge in [0.05, 0.1) is 18.8 Å². The predicted molar refractivity (Wildman–Crippen MR) is 81.6 cm³/mol. The summed E-state index contributed by atoms with van der Waals surface area (Å²) in [6.07, 6.45) is 7.60. The molecule has 1 aliphatic carbocycles. The van der Waals surface area contributed by atoms with Crippen LogP contribution >= 0.6 is 0 Å². The van der Waals surface area contributed by atoms with Crippen molar-refractivity contribution >= 4 is 6.03 Å². The zero-order valence-corrected chi connectivity index (χ0v) is 12.9. The molecule has 1 unspecified atom stereocenters. The van der Waals surface area contributed by atoms with E-state index >= 15 is 0 Å². The molecule has 1 aromatic rings. The second kappa shape index (κ2) is 6.12. The normalized spacial score (nSPS) is 23.0. The van der Waals surface area contributed by atoms with Gasteiger partial charge in [0.25, 0.3) is 0 Å². The number of amides is 2. The Labute approximate surface area is 130 Å². The third-order valence-electron chi connectivity index (χ3n) is 5.01. The van der Waals surface area contributed by atoms with Crippen molar-refractivity contribution in [1.82, 2.24) is 15.2 Å². The number of nitrogens with one attached hydrogen (secondary N) is 1. The van der Waals surface area contributed by atoms with Gasteiger partial charge in [-0.1, -0.05) is 12.8 Å². The number of aliphatic hydroxyl groups excluding tert-OH is 1. The number of hydrogen-bond donors (Lipinski definition) is 2. The van der Waals surface area contributed by atoms with Gasteiger partial charge in [0.1, 0.15) is 5.75 Å². The fourth-order valence-electron chi connectivity index (χ4n) is 3.83. The highest BCUT2D eigenvalue weighted by Crippen LogP contribution is 2.43. The maximum atomic E-state index is 12.6. The Balaban J connectivity index is 1.67. The predicted octanol–water partition coefficient (Wildman–Crippen LogP) is 1.68. The number of rotatable bonds is 3. The van der Waals surface area contributed by atoms with E-state index in [0.29, 0.717) is 25.3 Å². The first-order chi connectivity index (χ1) is 10.7. The number of methoxy groups -OCH3 is 1. The van der Waals surface area contributed by atoms with Gasteiger partial charge in [-0.2, -0.15) is 0 Å². The van der Waals surface area contributed by atoms with E-state index in [4.69, 9.17) is 4.74 Å². The Hall–Kier alpha value is -1.82. The molecule has 22 heavy (non-hydrogen) atoms. The summed E-state index contributed by atoms with van der Waals surface area (Å²) in [5, 5.41) is 13.3. The number of aromatic nitrogens is 1. The first-order valence-electron chi connectivity index (χ1n) is 7.88. The molecule has 0 aromatic carbocycles. The SMILES string of the molecule is COc1ccncc1CNC(=O)N1CCC(O)C12CCCC2. The minimum atomic E-state index is -0.395. The van der Waals surface area contributed by atoms with Crippen LogP contribution < -0.4 is 10.1 Å². The van der Waals surface area contributed by atoms with Crippen LogP contribution in [0.25, 0.3) is 0 Å². The number of urea groups is 1. The largest absolute Gasteiger partial charge is 0.496 e. The zero-order chi connectivity index (χ0) is 15.6. The lowest BCUT2D eigenvalue weighted by molar-refractivity contribution is 0.0488. The van der Waals surface area contributed by atoms with Crippen LogP contribution in [0.1, 0.15) is 37.7 Å². The first-order valence-corrected chi connectivity index (χ1v) is 7.88. The zero-order valence-electron chi connectivity index (χ0n) is 12.9. The summed E-state index contributed by atoms with van der Waals surface area (Å²) in [7, 11) is 1.60. The number of likely N-dealkylation sites (tertiary alicyclic amines) is 1. The van der Waals surface area contributed by atoms with Gasteiger partial charge < -0.3 is 20.1 Å². The smallest absolute Gasteiger partial charge is 0.318 e. The van der Waals surface area contributed by atoms with Crippen molar-refractivity contribution in [3.8, 4) is 5.75 Å². The van der Waals surface area contributed by atoms with Gasteiger partial charge in [0, 0.05) is 31.0 Å². The monoisotopic (exact) mass is 305 g/mol. The van der Waals surface area contributed by atoms with Crippen molar-refractivity contribution in [2.24, 2.45) is 0 Å². The second-order valence-electron chi connectivity index (χ2n) is 6.11. The van der Waals surface area contributed by atoms with Crippen LogP contribution in [0.4, 0.5) is 4.79 Å². The summed E-state index contributed by atoms with van der Waals surface area (Å²) < 4.78 is 5.27. The van der Waals surface area contributed by atoms with E-state index in [-0.39, 0.29) is 11.6 Å². The fourth-order valence-corrected chi connectivity index (χ4v) is 3.83. The minimum Gasteiger partial charge on any atom is -0.496 e. The average molecular weight is 305 g/mol. The minimum absolute atomic E-state index is 0.107. The third kappa shape index (κ3) is 2.52. The lowest BCUT2D eigenvalue weighted by Gasteiger charge is -2.37. The average Bonchev–Trinajstić information content (AvgIpc) is 3.15. The van der Waals surface area contributed by atoms with E-state index in [0.717, 1.165) is 31.2 Å². The van der Waals surface area contributed by atoms with Crippen LogP contribution in [0.5, 0.6) is 5.75 Å². The molecule has 120 valence electrons. The van der Waals surface area contributed by atoms with Crippen LogP contribution in [0.3, 0.4) is 0 Å². The molecular weight excluding hydrogens is 282 g/mol. The third-order valence-corrected chi connectivity index (χ3v) is 5.01. The molecule has 1 saturated carbocycles. The Morgan fingerprint density at radius 3 is 3.05 bits per heavy atom. The van der Waals surface area contributed by atoms with Gasteiger partial charge in [0.15, 0.2) is 0 Å². The number of hydrogen-bond acceptors (Lipinski definition) is 4. The number of carbonyl (C=O) groups excluding carboxylic acids is 1. The van der Waals surface area contributed by atoms with Crippen LogP contribution in [0.2, 0.25) is 0 Å². The standard InChI is InChI=1S/C16H23N3O3/c1-22-13-4-8-17-10-12(13)11-18-15(21)19-9-5-14(20)16(19)6-2-3-7-16/h4,8,10,14,20H,2-3,5-7,9,11H2,1H3,(H,18,21). The van der Waals surface area contributed by atoms with E-state index in [1.54, 1.807) is 25.6 Å². The number of aliphatic hydroxyl groups is 1. The van der Waals surface area contributed by atoms with Gasteiger partial charge in [-0.05, 0) is 25.3 Å². The summed E-state index contributed by atoms with van der Waals surface area (Å²) in [5.74, 6) is 0.715. The molecule has 2 amide bonds. The second-order valence-corrected chi connectivity index (χ2v) is 6.11. The molecule has 1 saturated heterocycles. The molecule has 2 fully saturated rings. The van der Waals surface area contributed by atoms with E-state index in [2.05, 4.69) is 10.3 Å². The number of ether oxygens (including phenoxy) is 1. The van der Waals surface area contributed by atoms with Crippen LogP contribution in [0, 0.1) is 0 Å². The van der Waals surface area contributed by atoms with Gasteiger partial charge in [0.2, 0.25) is 0 Å². The molecule has 2 heterocycles. The number of nitrogens with zero attached hydrogens (tertiary/aromatic N) is 2. The van der Waals surface area contributed by atoms with Crippen molar-refractivity contribution in [1.29, 1.82) is 0 Å². The molecule has 0 radical (unpaired) electrons. The summed E-state index contributed by atoms with van der Waals surface area (Å²) in [6, 6.07) is 1.67. The Morgan fingerprint density at radius 2 is 2.32 bits per heavy atom. The van der Waals surface area contributed by atoms with Crippen molar-refractivity contribution in [2.75, 3.05) is 13.7 Å². The van der Waals surface area contributed by atoms with Crippen molar-refractivity contribution < 1.29 is 14.6 Å². The quantitative estimate of drug-likeness (QED) is 0.891.